The average molecular weight is 495 g/mol. The van der Waals surface area contributed by atoms with Crippen molar-refractivity contribution in [2.24, 2.45) is 0 Å². The van der Waals surface area contributed by atoms with Crippen molar-refractivity contribution >= 4 is 13.8 Å². The molecule has 33 heavy (non-hydrogen) atoms. The standard InChI is InChI=1S/C25H52NO6P/c1-6-7-8-9-10-11-12-13-14-15-16-17-18-19-20-25(23-30-24(2)27)32-33(28,29)31-22-21-26(3,4)5/h25H,6-23H2,1-5H3/p+1. The molecule has 0 rings (SSSR count). The Morgan fingerprint density at radius 2 is 1.30 bits per heavy atom. The Morgan fingerprint density at radius 1 is 0.848 bits per heavy atom. The monoisotopic (exact) mass is 494 g/mol. The number of phosphoric acid groups is 1. The number of esters is 1. The topological polar surface area (TPSA) is 82.1 Å². The molecule has 8 heteroatoms. The van der Waals surface area contributed by atoms with Crippen molar-refractivity contribution in [2.75, 3.05) is 40.9 Å². The van der Waals surface area contributed by atoms with Gasteiger partial charge in [0, 0.05) is 6.92 Å². The molecule has 0 amide bonds. The first-order chi connectivity index (χ1) is 15.6. The highest BCUT2D eigenvalue weighted by atomic mass is 31.2. The lowest BCUT2D eigenvalue weighted by molar-refractivity contribution is -0.870. The number of phosphoric ester groups is 1. The minimum absolute atomic E-state index is 0.0307. The smallest absolute Gasteiger partial charge is 0.463 e. The maximum absolute atomic E-state index is 12.3. The minimum Gasteiger partial charge on any atom is -0.463 e. The molecule has 1 N–H and O–H groups in total. The van der Waals surface area contributed by atoms with E-state index in [2.05, 4.69) is 6.92 Å². The van der Waals surface area contributed by atoms with Gasteiger partial charge in [-0.05, 0) is 6.42 Å². The van der Waals surface area contributed by atoms with Crippen molar-refractivity contribution in [2.45, 2.75) is 116 Å². The predicted molar refractivity (Wildman–Crippen MR) is 135 cm³/mol. The number of hydrogen-bond donors (Lipinski definition) is 1. The molecule has 0 aliphatic carbocycles. The Hall–Kier alpha value is -0.460. The van der Waals surface area contributed by atoms with Gasteiger partial charge in [-0.25, -0.2) is 4.57 Å². The van der Waals surface area contributed by atoms with Crippen LogP contribution in [0.5, 0.6) is 0 Å². The van der Waals surface area contributed by atoms with Gasteiger partial charge in [-0.2, -0.15) is 0 Å². The summed E-state index contributed by atoms with van der Waals surface area (Å²) >= 11 is 0. The maximum atomic E-state index is 12.3. The van der Waals surface area contributed by atoms with Crippen LogP contribution in [-0.4, -0.2) is 62.4 Å². The Morgan fingerprint density at radius 3 is 1.73 bits per heavy atom. The van der Waals surface area contributed by atoms with Crippen LogP contribution in [-0.2, 0) is 23.1 Å². The van der Waals surface area contributed by atoms with Gasteiger partial charge in [0.25, 0.3) is 0 Å². The van der Waals surface area contributed by atoms with E-state index in [-0.39, 0.29) is 13.2 Å². The normalized spacial score (nSPS) is 14.7. The molecule has 7 nitrogen and oxygen atoms in total. The summed E-state index contributed by atoms with van der Waals surface area (Å²) in [7, 11) is 1.75. The molecule has 0 fully saturated rings. The van der Waals surface area contributed by atoms with E-state index in [0.29, 0.717) is 17.4 Å². The second kappa shape index (κ2) is 19.8. The molecule has 0 aromatic rings. The third kappa shape index (κ3) is 24.5. The summed E-state index contributed by atoms with van der Waals surface area (Å²) in [6.07, 6.45) is 17.7. The highest BCUT2D eigenvalue weighted by molar-refractivity contribution is 7.47. The van der Waals surface area contributed by atoms with E-state index >= 15 is 0 Å². The van der Waals surface area contributed by atoms with Crippen LogP contribution in [0.1, 0.15) is 110 Å². The average Bonchev–Trinajstić information content (AvgIpc) is 2.70. The number of carbonyl (C=O) groups is 1. The predicted octanol–water partition coefficient (Wildman–Crippen LogP) is 6.63. The third-order valence-corrected chi connectivity index (χ3v) is 6.72. The van der Waals surface area contributed by atoms with Crippen molar-refractivity contribution in [3.63, 3.8) is 0 Å². The van der Waals surface area contributed by atoms with Crippen LogP contribution in [0.15, 0.2) is 0 Å². The molecule has 0 aromatic heterocycles. The number of ether oxygens (including phenoxy) is 1. The summed E-state index contributed by atoms with van der Waals surface area (Å²) in [5.74, 6) is -0.428. The van der Waals surface area contributed by atoms with Crippen molar-refractivity contribution in [1.82, 2.24) is 0 Å². The van der Waals surface area contributed by atoms with Gasteiger partial charge >= 0.3 is 13.8 Å². The first kappa shape index (κ1) is 32.5. The van der Waals surface area contributed by atoms with Crippen molar-refractivity contribution in [3.8, 4) is 0 Å². The summed E-state index contributed by atoms with van der Waals surface area (Å²) in [6.45, 7) is 4.25. The van der Waals surface area contributed by atoms with Crippen LogP contribution >= 0.6 is 7.82 Å². The molecule has 0 heterocycles. The van der Waals surface area contributed by atoms with E-state index in [1.807, 2.05) is 21.1 Å². The third-order valence-electron chi connectivity index (χ3n) is 5.65. The Kier molecular flexibility index (Phi) is 19.5. The second-order valence-corrected chi connectivity index (χ2v) is 11.6. The first-order valence-electron chi connectivity index (χ1n) is 13.2. The van der Waals surface area contributed by atoms with Gasteiger partial charge in [0.1, 0.15) is 25.9 Å². The van der Waals surface area contributed by atoms with Crippen molar-refractivity contribution < 1.29 is 32.5 Å². The number of likely N-dealkylation sites (N-methyl/N-ethyl adjacent to an activating group) is 1. The molecule has 0 saturated heterocycles. The fourth-order valence-electron chi connectivity index (χ4n) is 3.59. The number of quaternary nitrogens is 1. The van der Waals surface area contributed by atoms with Gasteiger partial charge in [0.05, 0.1) is 21.1 Å². The van der Waals surface area contributed by atoms with E-state index < -0.39 is 19.9 Å². The Balaban J connectivity index is 3.95. The molecular weight excluding hydrogens is 441 g/mol. The van der Waals surface area contributed by atoms with Crippen LogP contribution in [0.3, 0.4) is 0 Å². The zero-order valence-corrected chi connectivity index (χ0v) is 23.1. The first-order valence-corrected chi connectivity index (χ1v) is 14.6. The number of carbonyl (C=O) groups excluding carboxylic acids is 1. The summed E-state index contributed by atoms with van der Waals surface area (Å²) < 4.78 is 28.3. The second-order valence-electron chi connectivity index (χ2n) is 10.2. The molecule has 198 valence electrons. The lowest BCUT2D eigenvalue weighted by atomic mass is 10.0. The Bertz CT molecular complexity index is 524. The summed E-state index contributed by atoms with van der Waals surface area (Å²) in [4.78, 5) is 21.2. The van der Waals surface area contributed by atoms with Gasteiger partial charge < -0.3 is 14.1 Å². The Labute approximate surface area is 203 Å². The lowest BCUT2D eigenvalue weighted by Gasteiger charge is -2.25. The molecule has 0 saturated carbocycles. The quantitative estimate of drug-likeness (QED) is 0.0743. The van der Waals surface area contributed by atoms with E-state index in [4.69, 9.17) is 13.8 Å². The van der Waals surface area contributed by atoms with Crippen LogP contribution in [0.25, 0.3) is 0 Å². The van der Waals surface area contributed by atoms with E-state index in [1.165, 1.54) is 77.6 Å². The fraction of sp³-hybridized carbons (Fsp3) is 0.960. The molecule has 0 aliphatic heterocycles. The van der Waals surface area contributed by atoms with E-state index in [9.17, 15) is 14.3 Å². The number of hydrogen-bond acceptors (Lipinski definition) is 5. The summed E-state index contributed by atoms with van der Waals surface area (Å²) in [5, 5.41) is 0. The van der Waals surface area contributed by atoms with Crippen molar-refractivity contribution in [1.29, 1.82) is 0 Å². The summed E-state index contributed by atoms with van der Waals surface area (Å²) in [6, 6.07) is 0. The SMILES string of the molecule is CCCCCCCCCCCCCCCCC(COC(C)=O)OP(=O)(O)OCC[N+](C)(C)C. The zero-order chi connectivity index (χ0) is 25.0. The van der Waals surface area contributed by atoms with Gasteiger partial charge in [-0.15, -0.1) is 0 Å². The molecule has 0 radical (unpaired) electrons. The van der Waals surface area contributed by atoms with Gasteiger partial charge in [-0.3, -0.25) is 13.8 Å². The van der Waals surface area contributed by atoms with E-state index in [1.54, 1.807) is 0 Å². The fourth-order valence-corrected chi connectivity index (χ4v) is 4.51. The number of rotatable bonds is 23. The number of unbranched alkanes of at least 4 members (excludes halogenated alkanes) is 13. The van der Waals surface area contributed by atoms with Crippen LogP contribution < -0.4 is 0 Å². The molecule has 0 spiro atoms. The number of nitrogens with zero attached hydrogens (tertiary/aromatic N) is 1. The highest BCUT2D eigenvalue weighted by Crippen LogP contribution is 2.45. The molecule has 0 bridgehead atoms. The van der Waals surface area contributed by atoms with E-state index in [0.717, 1.165) is 19.3 Å². The molecule has 2 unspecified atom stereocenters. The zero-order valence-electron chi connectivity index (χ0n) is 22.2. The molecule has 2 atom stereocenters. The van der Waals surface area contributed by atoms with Crippen LogP contribution in [0, 0.1) is 0 Å². The minimum atomic E-state index is -4.18. The molecular formula is C25H53NO6P+. The molecule has 0 aliphatic rings. The summed E-state index contributed by atoms with van der Waals surface area (Å²) in [5.41, 5.74) is 0. The van der Waals surface area contributed by atoms with Gasteiger partial charge in [0.2, 0.25) is 0 Å². The lowest BCUT2D eigenvalue weighted by Crippen LogP contribution is -2.37. The molecule has 0 aromatic carbocycles. The van der Waals surface area contributed by atoms with Crippen molar-refractivity contribution in [3.05, 3.63) is 0 Å². The van der Waals surface area contributed by atoms with Crippen LogP contribution in [0.2, 0.25) is 0 Å². The maximum Gasteiger partial charge on any atom is 0.472 e. The van der Waals surface area contributed by atoms with Gasteiger partial charge in [0.15, 0.2) is 0 Å². The van der Waals surface area contributed by atoms with Crippen LogP contribution in [0.4, 0.5) is 0 Å². The highest BCUT2D eigenvalue weighted by Gasteiger charge is 2.28. The van der Waals surface area contributed by atoms with Gasteiger partial charge in [-0.1, -0.05) is 96.8 Å². The largest absolute Gasteiger partial charge is 0.472 e.